The highest BCUT2D eigenvalue weighted by molar-refractivity contribution is 8.00. The lowest BCUT2D eigenvalue weighted by atomic mass is 10.2. The van der Waals surface area contributed by atoms with Gasteiger partial charge in [0, 0.05) is 5.25 Å². The van der Waals surface area contributed by atoms with E-state index in [2.05, 4.69) is 4.74 Å². The summed E-state index contributed by atoms with van der Waals surface area (Å²) in [6.07, 6.45) is 4.15. The first-order valence-electron chi connectivity index (χ1n) is 6.26. The summed E-state index contributed by atoms with van der Waals surface area (Å²) >= 11 is 1.34. The second-order valence-corrected chi connectivity index (χ2v) is 5.91. The second kappa shape index (κ2) is 6.21. The molecule has 1 fully saturated rings. The van der Waals surface area contributed by atoms with Crippen LogP contribution in [0.4, 0.5) is 10.1 Å². The number of hydrogen-bond donors (Lipinski definition) is 0. The molecule has 0 spiro atoms. The number of nitro groups is 1. The average molecular weight is 299 g/mol. The molecule has 1 saturated carbocycles. The molecule has 0 aliphatic heterocycles. The summed E-state index contributed by atoms with van der Waals surface area (Å²) in [4.78, 5) is 22.2. The summed E-state index contributed by atoms with van der Waals surface area (Å²) in [5.41, 5.74) is -0.564. The minimum absolute atomic E-state index is 0.265. The van der Waals surface area contributed by atoms with Gasteiger partial charge in [0.05, 0.1) is 28.6 Å². The fraction of sp³-hybridized carbons (Fsp3) is 0.462. The second-order valence-electron chi connectivity index (χ2n) is 4.57. The van der Waals surface area contributed by atoms with Crippen molar-refractivity contribution in [3.05, 3.63) is 33.6 Å². The van der Waals surface area contributed by atoms with Gasteiger partial charge in [0.25, 0.3) is 5.69 Å². The zero-order valence-corrected chi connectivity index (χ0v) is 11.7. The van der Waals surface area contributed by atoms with Gasteiger partial charge in [-0.1, -0.05) is 12.8 Å². The zero-order valence-electron chi connectivity index (χ0n) is 10.9. The topological polar surface area (TPSA) is 69.4 Å². The number of carbonyl (C=O) groups excluding carboxylic acids is 1. The Bertz CT molecular complexity index is 543. The number of nitro benzene ring substituents is 1. The fourth-order valence-corrected chi connectivity index (χ4v) is 3.60. The number of rotatable bonds is 4. The molecule has 0 N–H and O–H groups in total. The van der Waals surface area contributed by atoms with E-state index in [9.17, 15) is 19.3 Å². The van der Waals surface area contributed by atoms with Crippen LogP contribution in [-0.2, 0) is 4.74 Å². The quantitative estimate of drug-likeness (QED) is 0.483. The number of esters is 1. The maximum Gasteiger partial charge on any atom is 0.340 e. The molecule has 2 rings (SSSR count). The number of methoxy groups -OCH3 is 1. The molecule has 0 atom stereocenters. The van der Waals surface area contributed by atoms with Crippen LogP contribution in [-0.4, -0.2) is 23.3 Å². The van der Waals surface area contributed by atoms with Crippen LogP contribution in [0.15, 0.2) is 17.0 Å². The predicted octanol–water partition coefficient (Wildman–Crippen LogP) is 3.56. The van der Waals surface area contributed by atoms with Crippen LogP contribution >= 0.6 is 11.8 Å². The molecule has 0 amide bonds. The summed E-state index contributed by atoms with van der Waals surface area (Å²) in [6.45, 7) is 0. The van der Waals surface area contributed by atoms with E-state index in [0.717, 1.165) is 38.9 Å². The third-order valence-corrected chi connectivity index (χ3v) is 4.63. The van der Waals surface area contributed by atoms with Crippen molar-refractivity contribution in [2.45, 2.75) is 35.8 Å². The van der Waals surface area contributed by atoms with Crippen LogP contribution in [0.5, 0.6) is 0 Å². The minimum Gasteiger partial charge on any atom is -0.465 e. The van der Waals surface area contributed by atoms with Gasteiger partial charge in [-0.05, 0) is 18.9 Å². The van der Waals surface area contributed by atoms with Crippen molar-refractivity contribution in [3.63, 3.8) is 0 Å². The third-order valence-electron chi connectivity index (χ3n) is 3.25. The highest BCUT2D eigenvalue weighted by atomic mass is 32.2. The number of hydrogen-bond acceptors (Lipinski definition) is 5. The number of benzene rings is 1. The van der Waals surface area contributed by atoms with Crippen molar-refractivity contribution in [1.29, 1.82) is 0 Å². The number of ether oxygens (including phenoxy) is 1. The highest BCUT2D eigenvalue weighted by Gasteiger charge is 2.26. The van der Waals surface area contributed by atoms with Crippen LogP contribution in [0, 0.1) is 15.9 Å². The van der Waals surface area contributed by atoms with Crippen molar-refractivity contribution in [2.75, 3.05) is 7.11 Å². The smallest absolute Gasteiger partial charge is 0.340 e. The van der Waals surface area contributed by atoms with Gasteiger partial charge in [0.2, 0.25) is 0 Å². The standard InChI is InChI=1S/C13H14FNO4S/c1-19-13(16)9-6-12(20-8-4-2-3-5-8)11(15(17)18)7-10(9)14/h6-8H,2-5H2,1H3. The molecule has 0 saturated heterocycles. The van der Waals surface area contributed by atoms with Gasteiger partial charge in [-0.15, -0.1) is 11.8 Å². The van der Waals surface area contributed by atoms with Crippen molar-refractivity contribution in [1.82, 2.24) is 0 Å². The first-order valence-corrected chi connectivity index (χ1v) is 7.13. The molecule has 5 nitrogen and oxygen atoms in total. The molecule has 1 aromatic carbocycles. The number of halogens is 1. The summed E-state index contributed by atoms with van der Waals surface area (Å²) in [7, 11) is 1.15. The Morgan fingerprint density at radius 3 is 2.65 bits per heavy atom. The Kier molecular flexibility index (Phi) is 4.59. The lowest BCUT2D eigenvalue weighted by Gasteiger charge is -2.10. The molecule has 0 aromatic heterocycles. The Morgan fingerprint density at radius 1 is 1.45 bits per heavy atom. The molecule has 108 valence electrons. The molecule has 1 aliphatic rings. The van der Waals surface area contributed by atoms with Gasteiger partial charge in [0.15, 0.2) is 0 Å². The van der Waals surface area contributed by atoms with E-state index in [1.54, 1.807) is 0 Å². The zero-order chi connectivity index (χ0) is 14.7. The number of thioether (sulfide) groups is 1. The van der Waals surface area contributed by atoms with Crippen molar-refractivity contribution in [2.24, 2.45) is 0 Å². The van der Waals surface area contributed by atoms with Crippen molar-refractivity contribution in [3.8, 4) is 0 Å². The molecule has 0 heterocycles. The van der Waals surface area contributed by atoms with E-state index in [1.165, 1.54) is 17.8 Å². The Hall–Kier alpha value is -1.63. The summed E-state index contributed by atoms with van der Waals surface area (Å²) in [6, 6.07) is 2.02. The van der Waals surface area contributed by atoms with E-state index in [0.29, 0.717) is 4.90 Å². The molecule has 0 unspecified atom stereocenters. The van der Waals surface area contributed by atoms with E-state index in [-0.39, 0.29) is 16.5 Å². The lowest BCUT2D eigenvalue weighted by molar-refractivity contribution is -0.387. The first-order chi connectivity index (χ1) is 9.52. The molecular weight excluding hydrogens is 285 g/mol. The van der Waals surface area contributed by atoms with Gasteiger partial charge in [-0.3, -0.25) is 10.1 Å². The Morgan fingerprint density at radius 2 is 2.10 bits per heavy atom. The van der Waals surface area contributed by atoms with Crippen LogP contribution in [0.3, 0.4) is 0 Å². The summed E-state index contributed by atoms with van der Waals surface area (Å²) < 4.78 is 18.2. The monoisotopic (exact) mass is 299 g/mol. The normalized spacial score (nSPS) is 15.3. The fourth-order valence-electron chi connectivity index (χ4n) is 2.23. The molecule has 20 heavy (non-hydrogen) atoms. The van der Waals surface area contributed by atoms with E-state index < -0.39 is 16.7 Å². The SMILES string of the molecule is COC(=O)c1cc(SC2CCCC2)c([N+](=O)[O-])cc1F. The maximum atomic E-state index is 13.7. The summed E-state index contributed by atoms with van der Waals surface area (Å²) in [5.74, 6) is -1.76. The molecule has 0 bridgehead atoms. The predicted molar refractivity (Wildman–Crippen MR) is 72.5 cm³/mol. The van der Waals surface area contributed by atoms with Crippen LogP contribution in [0.1, 0.15) is 36.0 Å². The molecule has 7 heteroatoms. The average Bonchev–Trinajstić information content (AvgIpc) is 2.92. The van der Waals surface area contributed by atoms with Crippen LogP contribution < -0.4 is 0 Å². The van der Waals surface area contributed by atoms with Gasteiger partial charge in [0.1, 0.15) is 5.82 Å². The molecule has 1 aromatic rings. The Balaban J connectivity index is 2.39. The van der Waals surface area contributed by atoms with Crippen LogP contribution in [0.25, 0.3) is 0 Å². The van der Waals surface area contributed by atoms with Gasteiger partial charge in [-0.25, -0.2) is 9.18 Å². The molecule has 1 aliphatic carbocycles. The molecule has 0 radical (unpaired) electrons. The first kappa shape index (κ1) is 14.8. The van der Waals surface area contributed by atoms with Crippen LogP contribution in [0.2, 0.25) is 0 Å². The van der Waals surface area contributed by atoms with Gasteiger partial charge < -0.3 is 4.74 Å². The number of nitrogens with zero attached hydrogens (tertiary/aromatic N) is 1. The van der Waals surface area contributed by atoms with Gasteiger partial charge >= 0.3 is 5.97 Å². The van der Waals surface area contributed by atoms with E-state index in [4.69, 9.17) is 0 Å². The largest absolute Gasteiger partial charge is 0.465 e. The maximum absolute atomic E-state index is 13.7. The third kappa shape index (κ3) is 3.09. The van der Waals surface area contributed by atoms with Crippen molar-refractivity contribution < 1.29 is 18.8 Å². The van der Waals surface area contributed by atoms with E-state index in [1.807, 2.05) is 0 Å². The van der Waals surface area contributed by atoms with E-state index >= 15 is 0 Å². The Labute approximate surface area is 119 Å². The highest BCUT2D eigenvalue weighted by Crippen LogP contribution is 2.40. The van der Waals surface area contributed by atoms with Gasteiger partial charge in [-0.2, -0.15) is 0 Å². The lowest BCUT2D eigenvalue weighted by Crippen LogP contribution is -2.07. The number of carbonyl (C=O) groups is 1. The minimum atomic E-state index is -0.931. The van der Waals surface area contributed by atoms with Crippen molar-refractivity contribution >= 4 is 23.4 Å². The molecular formula is C13H14FNO4S. The summed E-state index contributed by atoms with van der Waals surface area (Å²) in [5, 5.41) is 11.3.